The molecule has 0 aliphatic heterocycles. The van der Waals surface area contributed by atoms with E-state index in [1.807, 2.05) is 13.0 Å². The molecule has 2 atom stereocenters. The second-order valence-corrected chi connectivity index (χ2v) is 8.20. The van der Waals surface area contributed by atoms with Gasteiger partial charge in [0.1, 0.15) is 0 Å². The van der Waals surface area contributed by atoms with E-state index in [0.29, 0.717) is 13.0 Å². The molecular weight excluding hydrogens is 348 g/mol. The Balaban J connectivity index is 3.53. The first-order valence-corrected chi connectivity index (χ1v) is 12.0. The number of hydrogen-bond donors (Lipinski definition) is 3. The normalized spacial score (nSPS) is 13.7. The summed E-state index contributed by atoms with van der Waals surface area (Å²) in [5.74, 6) is 0.0161. The van der Waals surface area contributed by atoms with Crippen molar-refractivity contribution < 1.29 is 9.90 Å². The van der Waals surface area contributed by atoms with Gasteiger partial charge in [0, 0.05) is 6.42 Å². The molecule has 0 fully saturated rings. The van der Waals surface area contributed by atoms with Gasteiger partial charge in [0.05, 0.1) is 12.1 Å². The van der Waals surface area contributed by atoms with E-state index >= 15 is 0 Å². The molecule has 0 aliphatic carbocycles. The monoisotopic (exact) mass is 396 g/mol. The standard InChI is InChI=1S/C24H48N2O2/c1-3-4-5-6-7-8-9-10-11-12-13-14-16-19-23(27)22(2)26-24(28)20-17-15-18-21-25/h16,19,22-23,27H,3-15,17-18,20-21,25H2,1-2H3,(H,26,28)/b19-16+. The van der Waals surface area contributed by atoms with Crippen molar-refractivity contribution >= 4 is 5.91 Å². The summed E-state index contributed by atoms with van der Waals surface area (Å²) in [6.07, 6.45) is 22.5. The van der Waals surface area contributed by atoms with E-state index in [1.165, 1.54) is 70.6 Å². The number of nitrogens with one attached hydrogen (secondary N) is 1. The van der Waals surface area contributed by atoms with E-state index in [0.717, 1.165) is 25.7 Å². The van der Waals surface area contributed by atoms with Gasteiger partial charge in [0.2, 0.25) is 5.91 Å². The molecule has 4 nitrogen and oxygen atoms in total. The maximum absolute atomic E-state index is 11.8. The third kappa shape index (κ3) is 18.5. The quantitative estimate of drug-likeness (QED) is 0.184. The molecule has 0 saturated carbocycles. The third-order valence-electron chi connectivity index (χ3n) is 5.32. The Bertz CT molecular complexity index is 372. The molecule has 4 N–H and O–H groups in total. The predicted molar refractivity (Wildman–Crippen MR) is 121 cm³/mol. The van der Waals surface area contributed by atoms with Gasteiger partial charge < -0.3 is 16.2 Å². The highest BCUT2D eigenvalue weighted by Gasteiger charge is 2.13. The van der Waals surface area contributed by atoms with Crippen LogP contribution in [0.25, 0.3) is 0 Å². The Hall–Kier alpha value is -0.870. The van der Waals surface area contributed by atoms with Crippen LogP contribution in [-0.2, 0) is 4.79 Å². The first-order valence-electron chi connectivity index (χ1n) is 12.0. The first kappa shape index (κ1) is 27.1. The highest BCUT2D eigenvalue weighted by atomic mass is 16.3. The number of amides is 1. The molecule has 0 spiro atoms. The molecule has 28 heavy (non-hydrogen) atoms. The van der Waals surface area contributed by atoms with E-state index in [2.05, 4.69) is 18.3 Å². The number of aliphatic hydroxyl groups excluding tert-OH is 1. The van der Waals surface area contributed by atoms with Crippen molar-refractivity contribution in [3.8, 4) is 0 Å². The molecule has 2 unspecified atom stereocenters. The predicted octanol–water partition coefficient (Wildman–Crippen LogP) is 5.63. The highest BCUT2D eigenvalue weighted by molar-refractivity contribution is 5.76. The van der Waals surface area contributed by atoms with Crippen LogP contribution in [0, 0.1) is 0 Å². The van der Waals surface area contributed by atoms with Crippen LogP contribution in [0.5, 0.6) is 0 Å². The van der Waals surface area contributed by atoms with Crippen molar-refractivity contribution in [1.29, 1.82) is 0 Å². The molecule has 4 heteroatoms. The zero-order valence-electron chi connectivity index (χ0n) is 18.8. The fraction of sp³-hybridized carbons (Fsp3) is 0.875. The Morgan fingerprint density at radius 1 is 0.893 bits per heavy atom. The van der Waals surface area contributed by atoms with Crippen molar-refractivity contribution in [3.05, 3.63) is 12.2 Å². The van der Waals surface area contributed by atoms with E-state index in [1.54, 1.807) is 0 Å². The summed E-state index contributed by atoms with van der Waals surface area (Å²) in [7, 11) is 0. The van der Waals surface area contributed by atoms with Crippen LogP contribution in [0.3, 0.4) is 0 Å². The SMILES string of the molecule is CCCCCCCCCCCCC/C=C/C(O)C(C)NC(=O)CCCCCN. The summed E-state index contributed by atoms with van der Waals surface area (Å²) >= 11 is 0. The third-order valence-corrected chi connectivity index (χ3v) is 5.32. The smallest absolute Gasteiger partial charge is 0.220 e. The minimum absolute atomic E-state index is 0.0161. The number of carbonyl (C=O) groups excluding carboxylic acids is 1. The Labute approximate surface area is 174 Å². The number of rotatable bonds is 20. The van der Waals surface area contributed by atoms with Crippen LogP contribution < -0.4 is 11.1 Å². The van der Waals surface area contributed by atoms with E-state index in [9.17, 15) is 9.90 Å². The number of allylic oxidation sites excluding steroid dienone is 1. The molecular formula is C24H48N2O2. The Morgan fingerprint density at radius 2 is 1.43 bits per heavy atom. The van der Waals surface area contributed by atoms with Crippen molar-refractivity contribution in [2.24, 2.45) is 5.73 Å². The van der Waals surface area contributed by atoms with Crippen LogP contribution in [0.1, 0.15) is 117 Å². The maximum atomic E-state index is 11.8. The molecule has 0 radical (unpaired) electrons. The second-order valence-electron chi connectivity index (χ2n) is 8.20. The van der Waals surface area contributed by atoms with Crippen LogP contribution in [-0.4, -0.2) is 29.7 Å². The minimum atomic E-state index is -0.610. The largest absolute Gasteiger partial charge is 0.387 e. The van der Waals surface area contributed by atoms with Crippen molar-refractivity contribution in [2.45, 2.75) is 129 Å². The van der Waals surface area contributed by atoms with Gasteiger partial charge in [-0.05, 0) is 39.2 Å². The molecule has 0 bridgehead atoms. The van der Waals surface area contributed by atoms with E-state index in [-0.39, 0.29) is 11.9 Å². The van der Waals surface area contributed by atoms with Gasteiger partial charge in [0.25, 0.3) is 0 Å². The van der Waals surface area contributed by atoms with Crippen LogP contribution in [0.15, 0.2) is 12.2 Å². The zero-order valence-corrected chi connectivity index (χ0v) is 18.8. The number of aliphatic hydroxyl groups is 1. The van der Waals surface area contributed by atoms with Gasteiger partial charge in [-0.25, -0.2) is 0 Å². The molecule has 0 aromatic carbocycles. The number of carbonyl (C=O) groups is 1. The van der Waals surface area contributed by atoms with E-state index < -0.39 is 6.10 Å². The summed E-state index contributed by atoms with van der Waals surface area (Å²) in [5.41, 5.74) is 5.45. The maximum Gasteiger partial charge on any atom is 0.220 e. The summed E-state index contributed by atoms with van der Waals surface area (Å²) in [5, 5.41) is 13.0. The lowest BCUT2D eigenvalue weighted by Gasteiger charge is -2.17. The zero-order chi connectivity index (χ0) is 20.9. The molecule has 0 rings (SSSR count). The van der Waals surface area contributed by atoms with E-state index in [4.69, 9.17) is 5.73 Å². The van der Waals surface area contributed by atoms with Crippen LogP contribution in [0.4, 0.5) is 0 Å². The summed E-state index contributed by atoms with van der Waals surface area (Å²) in [6, 6.07) is -0.240. The minimum Gasteiger partial charge on any atom is -0.387 e. The lowest BCUT2D eigenvalue weighted by atomic mass is 10.0. The van der Waals surface area contributed by atoms with Gasteiger partial charge in [-0.15, -0.1) is 0 Å². The van der Waals surface area contributed by atoms with Gasteiger partial charge >= 0.3 is 0 Å². The van der Waals surface area contributed by atoms with Crippen LogP contribution >= 0.6 is 0 Å². The average molecular weight is 397 g/mol. The van der Waals surface area contributed by atoms with Crippen molar-refractivity contribution in [2.75, 3.05) is 6.54 Å². The number of nitrogens with two attached hydrogens (primary N) is 1. The first-order chi connectivity index (χ1) is 13.6. The highest BCUT2D eigenvalue weighted by Crippen LogP contribution is 2.12. The fourth-order valence-corrected chi connectivity index (χ4v) is 3.35. The van der Waals surface area contributed by atoms with Gasteiger partial charge in [0.15, 0.2) is 0 Å². The number of unbranched alkanes of at least 4 members (excludes halogenated alkanes) is 13. The summed E-state index contributed by atoms with van der Waals surface area (Å²) in [4.78, 5) is 11.8. The molecule has 0 aromatic rings. The summed E-state index contributed by atoms with van der Waals surface area (Å²) in [6.45, 7) is 4.80. The van der Waals surface area contributed by atoms with Gasteiger partial charge in [-0.3, -0.25) is 4.79 Å². The van der Waals surface area contributed by atoms with Crippen LogP contribution in [0.2, 0.25) is 0 Å². The Kier molecular flexibility index (Phi) is 20.2. The molecule has 166 valence electrons. The molecule has 0 aromatic heterocycles. The van der Waals surface area contributed by atoms with Gasteiger partial charge in [-0.2, -0.15) is 0 Å². The molecule has 0 saturated heterocycles. The Morgan fingerprint density at radius 3 is 2.00 bits per heavy atom. The fourth-order valence-electron chi connectivity index (χ4n) is 3.35. The second kappa shape index (κ2) is 20.9. The lowest BCUT2D eigenvalue weighted by molar-refractivity contribution is -0.122. The molecule has 0 heterocycles. The topological polar surface area (TPSA) is 75.3 Å². The molecule has 1 amide bonds. The molecule has 0 aliphatic rings. The number of hydrogen-bond acceptors (Lipinski definition) is 3. The average Bonchev–Trinajstić information content (AvgIpc) is 2.68. The lowest BCUT2D eigenvalue weighted by Crippen LogP contribution is -2.40. The summed E-state index contributed by atoms with van der Waals surface area (Å²) < 4.78 is 0. The van der Waals surface area contributed by atoms with Gasteiger partial charge in [-0.1, -0.05) is 89.7 Å². The van der Waals surface area contributed by atoms with Crippen molar-refractivity contribution in [1.82, 2.24) is 5.32 Å². The van der Waals surface area contributed by atoms with Crippen molar-refractivity contribution in [3.63, 3.8) is 0 Å².